The van der Waals surface area contributed by atoms with Gasteiger partial charge in [0.15, 0.2) is 0 Å². The summed E-state index contributed by atoms with van der Waals surface area (Å²) in [6, 6.07) is 0.648. The van der Waals surface area contributed by atoms with E-state index < -0.39 is 0 Å². The van der Waals surface area contributed by atoms with Gasteiger partial charge in [0.05, 0.1) is 18.0 Å². The number of nitrogens with zero attached hydrogens (tertiary/aromatic N) is 3. The summed E-state index contributed by atoms with van der Waals surface area (Å²) >= 11 is 0. The van der Waals surface area contributed by atoms with Crippen LogP contribution in [0.2, 0.25) is 0 Å². The second-order valence-corrected chi connectivity index (χ2v) is 5.50. The Morgan fingerprint density at radius 3 is 3.10 bits per heavy atom. The topological polar surface area (TPSA) is 81.1 Å². The van der Waals surface area contributed by atoms with Crippen LogP contribution in [0.15, 0.2) is 6.20 Å². The number of carbonyl (C=O) groups is 1. The zero-order valence-corrected chi connectivity index (χ0v) is 11.5. The van der Waals surface area contributed by atoms with E-state index in [1.807, 2.05) is 6.20 Å². The Labute approximate surface area is 118 Å². The number of hydrogen-bond acceptors (Lipinski definition) is 5. The first kappa shape index (κ1) is 13.5. The van der Waals surface area contributed by atoms with Gasteiger partial charge in [-0.1, -0.05) is 5.21 Å². The van der Waals surface area contributed by atoms with Crippen molar-refractivity contribution in [2.24, 2.45) is 0 Å². The van der Waals surface area contributed by atoms with Gasteiger partial charge >= 0.3 is 0 Å². The van der Waals surface area contributed by atoms with Gasteiger partial charge in [-0.2, -0.15) is 0 Å². The molecule has 7 heteroatoms. The van der Waals surface area contributed by atoms with Crippen LogP contribution in [0.5, 0.6) is 0 Å². The lowest BCUT2D eigenvalue weighted by Crippen LogP contribution is -2.34. The Balaban J connectivity index is 1.38. The number of carbonyl (C=O) groups excluding carboxylic acids is 1. The monoisotopic (exact) mass is 279 g/mol. The van der Waals surface area contributed by atoms with Crippen molar-refractivity contribution < 1.29 is 9.53 Å². The molecule has 3 rings (SSSR count). The Morgan fingerprint density at radius 2 is 2.35 bits per heavy atom. The van der Waals surface area contributed by atoms with Crippen molar-refractivity contribution >= 4 is 5.91 Å². The maximum Gasteiger partial charge on any atom is 0.241 e. The van der Waals surface area contributed by atoms with Gasteiger partial charge in [0.2, 0.25) is 5.91 Å². The summed E-state index contributed by atoms with van der Waals surface area (Å²) < 4.78 is 7.04. The second kappa shape index (κ2) is 6.32. The van der Waals surface area contributed by atoms with E-state index in [0.717, 1.165) is 31.7 Å². The number of nitrogens with one attached hydrogen (secondary N) is 2. The highest BCUT2D eigenvalue weighted by molar-refractivity contribution is 5.75. The van der Waals surface area contributed by atoms with Gasteiger partial charge in [-0.3, -0.25) is 4.79 Å². The van der Waals surface area contributed by atoms with Crippen molar-refractivity contribution in [3.8, 4) is 0 Å². The molecule has 1 saturated heterocycles. The van der Waals surface area contributed by atoms with Gasteiger partial charge in [-0.05, 0) is 25.7 Å². The summed E-state index contributed by atoms with van der Waals surface area (Å²) in [5, 5.41) is 14.3. The lowest BCUT2D eigenvalue weighted by atomic mass is 10.2. The molecule has 2 N–H and O–H groups in total. The summed E-state index contributed by atoms with van der Waals surface area (Å²) in [4.78, 5) is 11.8. The fourth-order valence-corrected chi connectivity index (χ4v) is 2.27. The molecule has 1 aromatic rings. The molecule has 1 atom stereocenters. The van der Waals surface area contributed by atoms with E-state index in [4.69, 9.17) is 4.74 Å². The Hall–Kier alpha value is -1.47. The SMILES string of the molecule is O=C(Cn1cc(CNC2CC2)nn1)NCC1CCCO1. The van der Waals surface area contributed by atoms with Crippen molar-refractivity contribution in [2.75, 3.05) is 13.2 Å². The minimum atomic E-state index is -0.0490. The van der Waals surface area contributed by atoms with Crippen molar-refractivity contribution in [1.82, 2.24) is 25.6 Å². The van der Waals surface area contributed by atoms with E-state index in [9.17, 15) is 4.79 Å². The van der Waals surface area contributed by atoms with Crippen LogP contribution in [0.3, 0.4) is 0 Å². The van der Waals surface area contributed by atoms with Crippen LogP contribution in [0.25, 0.3) is 0 Å². The average molecular weight is 279 g/mol. The molecule has 0 bridgehead atoms. The van der Waals surface area contributed by atoms with Crippen LogP contribution >= 0.6 is 0 Å². The Kier molecular flexibility index (Phi) is 4.27. The van der Waals surface area contributed by atoms with Crippen LogP contribution in [-0.4, -0.2) is 46.2 Å². The lowest BCUT2D eigenvalue weighted by molar-refractivity contribution is -0.122. The highest BCUT2D eigenvalue weighted by atomic mass is 16.5. The van der Waals surface area contributed by atoms with Gasteiger partial charge in [0, 0.05) is 25.7 Å². The molecule has 0 spiro atoms. The van der Waals surface area contributed by atoms with Gasteiger partial charge in [-0.15, -0.1) is 5.10 Å². The molecule has 110 valence electrons. The molecule has 2 aliphatic rings. The van der Waals surface area contributed by atoms with Gasteiger partial charge in [0.25, 0.3) is 0 Å². The van der Waals surface area contributed by atoms with Crippen LogP contribution in [0, 0.1) is 0 Å². The third kappa shape index (κ3) is 4.01. The van der Waals surface area contributed by atoms with Crippen molar-refractivity contribution in [3.05, 3.63) is 11.9 Å². The molecule has 1 amide bonds. The summed E-state index contributed by atoms with van der Waals surface area (Å²) in [6.07, 6.45) is 6.61. The molecule has 1 aliphatic carbocycles. The third-order valence-corrected chi connectivity index (χ3v) is 3.59. The normalized spacial score (nSPS) is 22.1. The predicted molar refractivity (Wildman–Crippen MR) is 71.9 cm³/mol. The molecule has 1 unspecified atom stereocenters. The molecule has 1 aliphatic heterocycles. The second-order valence-electron chi connectivity index (χ2n) is 5.50. The van der Waals surface area contributed by atoms with Crippen molar-refractivity contribution in [1.29, 1.82) is 0 Å². The molecular formula is C13H21N5O2. The zero-order chi connectivity index (χ0) is 13.8. The summed E-state index contributed by atoms with van der Waals surface area (Å²) in [5.74, 6) is -0.0490. The van der Waals surface area contributed by atoms with Crippen LogP contribution < -0.4 is 10.6 Å². The molecule has 7 nitrogen and oxygen atoms in total. The fourth-order valence-electron chi connectivity index (χ4n) is 2.27. The standard InChI is InChI=1S/C13H21N5O2/c19-13(15-7-12-2-1-5-20-12)9-18-8-11(16-17-18)6-14-10-3-4-10/h8,10,12,14H,1-7,9H2,(H,15,19). The first-order valence-corrected chi connectivity index (χ1v) is 7.30. The van der Waals surface area contributed by atoms with Crippen LogP contribution in [-0.2, 0) is 22.6 Å². The number of rotatable bonds is 7. The zero-order valence-electron chi connectivity index (χ0n) is 11.5. The first-order chi connectivity index (χ1) is 9.79. The van der Waals surface area contributed by atoms with Gasteiger partial charge in [-0.25, -0.2) is 4.68 Å². The molecule has 1 saturated carbocycles. The van der Waals surface area contributed by atoms with Crippen LogP contribution in [0.1, 0.15) is 31.4 Å². The summed E-state index contributed by atoms with van der Waals surface area (Å²) in [5.41, 5.74) is 0.879. The molecule has 2 fully saturated rings. The Bertz CT molecular complexity index is 451. The number of hydrogen-bond donors (Lipinski definition) is 2. The smallest absolute Gasteiger partial charge is 0.241 e. The lowest BCUT2D eigenvalue weighted by Gasteiger charge is -2.10. The van der Waals surface area contributed by atoms with E-state index in [2.05, 4.69) is 20.9 Å². The summed E-state index contributed by atoms with van der Waals surface area (Å²) in [7, 11) is 0. The molecule has 0 radical (unpaired) electrons. The van der Waals surface area contributed by atoms with Crippen LogP contribution in [0.4, 0.5) is 0 Å². The molecule has 1 aromatic heterocycles. The van der Waals surface area contributed by atoms with Crippen molar-refractivity contribution in [2.45, 2.75) is 50.9 Å². The quantitative estimate of drug-likeness (QED) is 0.724. The van der Waals surface area contributed by atoms with Crippen molar-refractivity contribution in [3.63, 3.8) is 0 Å². The first-order valence-electron chi connectivity index (χ1n) is 7.30. The number of amides is 1. The highest BCUT2D eigenvalue weighted by Crippen LogP contribution is 2.18. The highest BCUT2D eigenvalue weighted by Gasteiger charge is 2.20. The van der Waals surface area contributed by atoms with E-state index in [1.54, 1.807) is 4.68 Å². The minimum absolute atomic E-state index is 0.0490. The number of aromatic nitrogens is 3. The van der Waals surface area contributed by atoms with Gasteiger partial charge in [0.1, 0.15) is 6.54 Å². The van der Waals surface area contributed by atoms with E-state index in [1.165, 1.54) is 12.8 Å². The minimum Gasteiger partial charge on any atom is -0.376 e. The molecular weight excluding hydrogens is 258 g/mol. The van der Waals surface area contributed by atoms with Gasteiger partial charge < -0.3 is 15.4 Å². The fraction of sp³-hybridized carbons (Fsp3) is 0.769. The third-order valence-electron chi connectivity index (χ3n) is 3.59. The maximum atomic E-state index is 11.8. The maximum absolute atomic E-state index is 11.8. The largest absolute Gasteiger partial charge is 0.376 e. The Morgan fingerprint density at radius 1 is 1.45 bits per heavy atom. The predicted octanol–water partition coefficient (Wildman–Crippen LogP) is -0.175. The molecule has 20 heavy (non-hydrogen) atoms. The molecule has 2 heterocycles. The van der Waals surface area contributed by atoms with E-state index >= 15 is 0 Å². The van der Waals surface area contributed by atoms with E-state index in [-0.39, 0.29) is 18.6 Å². The summed E-state index contributed by atoms with van der Waals surface area (Å²) in [6.45, 7) is 2.33. The number of ether oxygens (including phenoxy) is 1. The van der Waals surface area contributed by atoms with E-state index in [0.29, 0.717) is 12.6 Å². The average Bonchev–Trinajstić information content (AvgIpc) is 2.94. The molecule has 0 aromatic carbocycles.